The summed E-state index contributed by atoms with van der Waals surface area (Å²) in [5, 5.41) is 12.0. The quantitative estimate of drug-likeness (QED) is 0.369. The maximum atomic E-state index is 11.5. The highest BCUT2D eigenvalue weighted by atomic mass is 16.5. The summed E-state index contributed by atoms with van der Waals surface area (Å²) in [5.41, 5.74) is 1.44. The minimum atomic E-state index is -0.288. The van der Waals surface area contributed by atoms with Crippen LogP contribution in [0, 0.1) is 0 Å². The smallest absolute Gasteiger partial charge is 0.306 e. The van der Waals surface area contributed by atoms with Gasteiger partial charge in [0.15, 0.2) is 0 Å². The van der Waals surface area contributed by atoms with Crippen molar-refractivity contribution in [2.45, 2.75) is 26.2 Å². The average molecular weight is 235 g/mol. The van der Waals surface area contributed by atoms with E-state index in [0.717, 1.165) is 5.56 Å². The molecule has 0 amide bonds. The number of benzene rings is 1. The standard InChI is InChI=1S/C13H17NO3/c1-3-17-13(15)9-12(10(2)14-16)11-7-5-4-6-8-11/h4-8,12,16H,3,9H2,1-2H3/b14-10+/t12-/m1/s1. The third-order valence-corrected chi connectivity index (χ3v) is 2.54. The Balaban J connectivity index is 2.86. The maximum absolute atomic E-state index is 11.5. The van der Waals surface area contributed by atoms with Gasteiger partial charge in [0.2, 0.25) is 0 Å². The number of carbonyl (C=O) groups excluding carboxylic acids is 1. The van der Waals surface area contributed by atoms with Crippen LogP contribution in [0.25, 0.3) is 0 Å². The van der Waals surface area contributed by atoms with E-state index in [0.29, 0.717) is 12.3 Å². The van der Waals surface area contributed by atoms with Gasteiger partial charge in [-0.15, -0.1) is 0 Å². The molecule has 0 radical (unpaired) electrons. The highest BCUT2D eigenvalue weighted by molar-refractivity contribution is 5.91. The first-order valence-electron chi connectivity index (χ1n) is 5.58. The Bertz CT molecular complexity index is 387. The zero-order chi connectivity index (χ0) is 12.7. The summed E-state index contributed by atoms with van der Waals surface area (Å²) >= 11 is 0. The third-order valence-electron chi connectivity index (χ3n) is 2.54. The predicted octanol–water partition coefficient (Wildman–Crippen LogP) is 2.57. The molecule has 0 spiro atoms. The molecule has 0 aliphatic heterocycles. The lowest BCUT2D eigenvalue weighted by Crippen LogP contribution is -2.16. The summed E-state index contributed by atoms with van der Waals surface area (Å²) in [4.78, 5) is 11.5. The van der Waals surface area contributed by atoms with Crippen molar-refractivity contribution in [2.75, 3.05) is 6.61 Å². The van der Waals surface area contributed by atoms with Crippen LogP contribution in [-0.2, 0) is 9.53 Å². The van der Waals surface area contributed by atoms with E-state index < -0.39 is 0 Å². The molecule has 17 heavy (non-hydrogen) atoms. The van der Waals surface area contributed by atoms with Crippen LogP contribution in [0.5, 0.6) is 0 Å². The topological polar surface area (TPSA) is 58.9 Å². The van der Waals surface area contributed by atoms with Gasteiger partial charge in [0.25, 0.3) is 0 Å². The Morgan fingerprint density at radius 1 is 1.41 bits per heavy atom. The molecule has 4 nitrogen and oxygen atoms in total. The van der Waals surface area contributed by atoms with Crippen LogP contribution in [0.15, 0.2) is 35.5 Å². The monoisotopic (exact) mass is 235 g/mol. The van der Waals surface area contributed by atoms with Gasteiger partial charge in [-0.05, 0) is 19.4 Å². The second-order valence-corrected chi connectivity index (χ2v) is 3.71. The van der Waals surface area contributed by atoms with Gasteiger partial charge in [0.1, 0.15) is 0 Å². The van der Waals surface area contributed by atoms with Crippen LogP contribution in [0.4, 0.5) is 0 Å². The Kier molecular flexibility index (Phi) is 5.20. The fourth-order valence-electron chi connectivity index (χ4n) is 1.65. The first-order chi connectivity index (χ1) is 8.19. The van der Waals surface area contributed by atoms with Crippen LogP contribution in [-0.4, -0.2) is 23.5 Å². The third kappa shape index (κ3) is 3.90. The van der Waals surface area contributed by atoms with E-state index >= 15 is 0 Å². The van der Waals surface area contributed by atoms with E-state index in [1.165, 1.54) is 0 Å². The second kappa shape index (κ2) is 6.68. The van der Waals surface area contributed by atoms with Crippen molar-refractivity contribution in [2.24, 2.45) is 5.16 Å². The van der Waals surface area contributed by atoms with Gasteiger partial charge in [-0.3, -0.25) is 4.79 Å². The van der Waals surface area contributed by atoms with Crippen molar-refractivity contribution in [1.29, 1.82) is 0 Å². The molecule has 1 N–H and O–H groups in total. The molecule has 0 saturated heterocycles. The molecule has 1 rings (SSSR count). The first-order valence-corrected chi connectivity index (χ1v) is 5.58. The molecule has 1 aromatic carbocycles. The predicted molar refractivity (Wildman–Crippen MR) is 65.3 cm³/mol. The molecule has 0 aromatic heterocycles. The minimum Gasteiger partial charge on any atom is -0.466 e. The number of esters is 1. The number of rotatable bonds is 5. The van der Waals surface area contributed by atoms with E-state index in [9.17, 15) is 4.79 Å². The van der Waals surface area contributed by atoms with Gasteiger partial charge < -0.3 is 9.94 Å². The molecular formula is C13H17NO3. The lowest BCUT2D eigenvalue weighted by Gasteiger charge is -2.15. The van der Waals surface area contributed by atoms with E-state index in [-0.39, 0.29) is 18.3 Å². The molecule has 4 heteroatoms. The fourth-order valence-corrected chi connectivity index (χ4v) is 1.65. The van der Waals surface area contributed by atoms with E-state index in [1.807, 2.05) is 30.3 Å². The fraction of sp³-hybridized carbons (Fsp3) is 0.385. The van der Waals surface area contributed by atoms with Crippen molar-refractivity contribution in [3.8, 4) is 0 Å². The molecule has 1 aromatic rings. The van der Waals surface area contributed by atoms with E-state index in [4.69, 9.17) is 9.94 Å². The molecule has 92 valence electrons. The lowest BCUT2D eigenvalue weighted by atomic mass is 9.92. The number of hydrogen-bond donors (Lipinski definition) is 1. The molecule has 0 unspecified atom stereocenters. The summed E-state index contributed by atoms with van der Waals surface area (Å²) in [6, 6.07) is 9.48. The Hall–Kier alpha value is -1.84. The summed E-state index contributed by atoms with van der Waals surface area (Å²) in [6.07, 6.45) is 0.188. The van der Waals surface area contributed by atoms with Crippen LogP contribution in [0.2, 0.25) is 0 Å². The molecule has 0 bridgehead atoms. The van der Waals surface area contributed by atoms with Crippen LogP contribution in [0.1, 0.15) is 31.7 Å². The Morgan fingerprint density at radius 3 is 2.59 bits per heavy atom. The van der Waals surface area contributed by atoms with Gasteiger partial charge >= 0.3 is 5.97 Å². The van der Waals surface area contributed by atoms with Gasteiger partial charge in [-0.25, -0.2) is 0 Å². The summed E-state index contributed by atoms with van der Waals surface area (Å²) in [6.45, 7) is 3.81. The molecule has 0 heterocycles. The number of ether oxygens (including phenoxy) is 1. The SMILES string of the molecule is CCOC(=O)C[C@H](/C(C)=N/O)c1ccccc1. The van der Waals surface area contributed by atoms with Crippen molar-refractivity contribution >= 4 is 11.7 Å². The molecule has 0 aliphatic carbocycles. The van der Waals surface area contributed by atoms with Crippen molar-refractivity contribution in [1.82, 2.24) is 0 Å². The lowest BCUT2D eigenvalue weighted by molar-refractivity contribution is -0.143. The van der Waals surface area contributed by atoms with E-state index in [1.54, 1.807) is 13.8 Å². The van der Waals surface area contributed by atoms with E-state index in [2.05, 4.69) is 5.16 Å². The van der Waals surface area contributed by atoms with Gasteiger partial charge in [0, 0.05) is 5.92 Å². The highest BCUT2D eigenvalue weighted by Gasteiger charge is 2.20. The number of hydrogen-bond acceptors (Lipinski definition) is 4. The van der Waals surface area contributed by atoms with Crippen molar-refractivity contribution in [3.63, 3.8) is 0 Å². The van der Waals surface area contributed by atoms with Crippen molar-refractivity contribution in [3.05, 3.63) is 35.9 Å². The van der Waals surface area contributed by atoms with Crippen LogP contribution in [0.3, 0.4) is 0 Å². The number of oxime groups is 1. The van der Waals surface area contributed by atoms with Gasteiger partial charge in [-0.2, -0.15) is 0 Å². The Morgan fingerprint density at radius 2 is 2.06 bits per heavy atom. The van der Waals surface area contributed by atoms with Gasteiger partial charge in [0.05, 0.1) is 18.7 Å². The summed E-state index contributed by atoms with van der Waals surface area (Å²) < 4.78 is 4.91. The van der Waals surface area contributed by atoms with Gasteiger partial charge in [-0.1, -0.05) is 35.5 Å². The summed E-state index contributed by atoms with van der Waals surface area (Å²) in [5.74, 6) is -0.524. The minimum absolute atomic E-state index is 0.188. The number of nitrogens with zero attached hydrogens (tertiary/aromatic N) is 1. The highest BCUT2D eigenvalue weighted by Crippen LogP contribution is 2.21. The largest absolute Gasteiger partial charge is 0.466 e. The molecule has 0 fully saturated rings. The first kappa shape index (κ1) is 13.2. The van der Waals surface area contributed by atoms with Crippen molar-refractivity contribution < 1.29 is 14.7 Å². The summed E-state index contributed by atoms with van der Waals surface area (Å²) in [7, 11) is 0. The second-order valence-electron chi connectivity index (χ2n) is 3.71. The van der Waals surface area contributed by atoms with Crippen LogP contribution >= 0.6 is 0 Å². The normalized spacial score (nSPS) is 13.2. The number of carbonyl (C=O) groups is 1. The zero-order valence-corrected chi connectivity index (χ0v) is 10.1. The average Bonchev–Trinajstić information content (AvgIpc) is 2.36. The molecule has 0 aliphatic rings. The zero-order valence-electron chi connectivity index (χ0n) is 10.1. The molecular weight excluding hydrogens is 218 g/mol. The maximum Gasteiger partial charge on any atom is 0.306 e. The molecule has 0 saturated carbocycles. The molecule has 1 atom stereocenters. The Labute approximate surface area is 101 Å². The van der Waals surface area contributed by atoms with Crippen LogP contribution < -0.4 is 0 Å².